The SMILES string of the molecule is O=C(NCc1ccco1)C1Cc2nc[nH]c2CN1Cc1cccnc1. The van der Waals surface area contributed by atoms with Gasteiger partial charge in [-0.05, 0) is 23.8 Å². The summed E-state index contributed by atoms with van der Waals surface area (Å²) in [6.07, 6.45) is 7.46. The molecule has 25 heavy (non-hydrogen) atoms. The molecule has 7 nitrogen and oxygen atoms in total. The monoisotopic (exact) mass is 337 g/mol. The van der Waals surface area contributed by atoms with Crippen molar-refractivity contribution in [3.63, 3.8) is 0 Å². The molecule has 3 aromatic heterocycles. The summed E-state index contributed by atoms with van der Waals surface area (Å²) in [6, 6.07) is 7.32. The van der Waals surface area contributed by atoms with Crippen molar-refractivity contribution in [1.82, 2.24) is 25.2 Å². The number of furan rings is 1. The lowest BCUT2D eigenvalue weighted by atomic mass is 10.0. The molecule has 1 atom stereocenters. The van der Waals surface area contributed by atoms with Gasteiger partial charge in [-0.2, -0.15) is 0 Å². The van der Waals surface area contributed by atoms with Crippen LogP contribution in [0.2, 0.25) is 0 Å². The van der Waals surface area contributed by atoms with E-state index >= 15 is 0 Å². The van der Waals surface area contributed by atoms with Gasteiger partial charge < -0.3 is 14.7 Å². The first-order valence-corrected chi connectivity index (χ1v) is 8.24. The molecule has 1 aliphatic heterocycles. The van der Waals surface area contributed by atoms with E-state index in [-0.39, 0.29) is 11.9 Å². The number of nitrogens with one attached hydrogen (secondary N) is 2. The smallest absolute Gasteiger partial charge is 0.238 e. The normalized spacial score (nSPS) is 17.2. The van der Waals surface area contributed by atoms with Crippen LogP contribution in [0.5, 0.6) is 0 Å². The minimum absolute atomic E-state index is 0.0195. The maximum Gasteiger partial charge on any atom is 0.238 e. The van der Waals surface area contributed by atoms with Crippen LogP contribution in [-0.2, 0) is 30.8 Å². The van der Waals surface area contributed by atoms with Crippen LogP contribution in [0.25, 0.3) is 0 Å². The van der Waals surface area contributed by atoms with Gasteiger partial charge in [-0.25, -0.2) is 4.98 Å². The lowest BCUT2D eigenvalue weighted by molar-refractivity contribution is -0.127. The molecule has 0 aromatic carbocycles. The highest BCUT2D eigenvalue weighted by Gasteiger charge is 2.33. The van der Waals surface area contributed by atoms with Crippen LogP contribution in [0.15, 0.2) is 53.7 Å². The number of pyridine rings is 1. The summed E-state index contributed by atoms with van der Waals surface area (Å²) in [6.45, 7) is 1.70. The second kappa shape index (κ2) is 6.90. The topological polar surface area (TPSA) is 87.0 Å². The van der Waals surface area contributed by atoms with E-state index < -0.39 is 0 Å². The number of hydrogen-bond acceptors (Lipinski definition) is 5. The molecule has 0 bridgehead atoms. The predicted octanol–water partition coefficient (Wildman–Crippen LogP) is 1.64. The van der Waals surface area contributed by atoms with E-state index in [0.29, 0.717) is 26.1 Å². The average Bonchev–Trinajstić information content (AvgIpc) is 3.31. The van der Waals surface area contributed by atoms with Crippen LogP contribution in [0, 0.1) is 0 Å². The lowest BCUT2D eigenvalue weighted by Crippen LogP contribution is -2.49. The quantitative estimate of drug-likeness (QED) is 0.739. The summed E-state index contributed by atoms with van der Waals surface area (Å²) in [7, 11) is 0. The molecule has 1 unspecified atom stereocenters. The standard InChI is InChI=1S/C18H19N5O2/c24-18(20-9-14-4-2-6-25-14)17-7-15-16(22-12-21-15)11-23(17)10-13-3-1-5-19-8-13/h1-6,8,12,17H,7,9-11H2,(H,20,24)(H,21,22). The minimum Gasteiger partial charge on any atom is -0.467 e. The van der Waals surface area contributed by atoms with Crippen molar-refractivity contribution in [3.8, 4) is 0 Å². The van der Waals surface area contributed by atoms with E-state index in [2.05, 4.69) is 25.2 Å². The maximum absolute atomic E-state index is 12.8. The Morgan fingerprint density at radius 3 is 3.16 bits per heavy atom. The number of fused-ring (bicyclic) bond motifs is 1. The Morgan fingerprint density at radius 1 is 1.40 bits per heavy atom. The van der Waals surface area contributed by atoms with Crippen LogP contribution in [-0.4, -0.2) is 31.8 Å². The van der Waals surface area contributed by atoms with Crippen molar-refractivity contribution >= 4 is 5.91 Å². The fourth-order valence-electron chi connectivity index (χ4n) is 3.14. The van der Waals surface area contributed by atoms with Crippen LogP contribution < -0.4 is 5.32 Å². The highest BCUT2D eigenvalue weighted by Crippen LogP contribution is 2.22. The number of carbonyl (C=O) groups excluding carboxylic acids is 1. The summed E-state index contributed by atoms with van der Waals surface area (Å²) in [4.78, 5) is 26.6. The van der Waals surface area contributed by atoms with E-state index in [1.807, 2.05) is 30.5 Å². The number of nitrogens with zero attached hydrogens (tertiary/aromatic N) is 3. The molecule has 1 amide bonds. The molecule has 2 N–H and O–H groups in total. The number of H-pyrrole nitrogens is 1. The molecule has 1 aliphatic rings. The van der Waals surface area contributed by atoms with Crippen LogP contribution in [0.4, 0.5) is 0 Å². The Hall–Kier alpha value is -2.93. The van der Waals surface area contributed by atoms with Crippen LogP contribution >= 0.6 is 0 Å². The average molecular weight is 337 g/mol. The molecule has 4 rings (SSSR count). The number of carbonyl (C=O) groups is 1. The molecule has 3 aromatic rings. The van der Waals surface area contributed by atoms with Crippen molar-refractivity contribution in [2.24, 2.45) is 0 Å². The molecule has 4 heterocycles. The van der Waals surface area contributed by atoms with E-state index in [1.54, 1.807) is 18.8 Å². The summed E-state index contributed by atoms with van der Waals surface area (Å²) in [5.41, 5.74) is 3.11. The van der Waals surface area contributed by atoms with Crippen molar-refractivity contribution in [3.05, 3.63) is 72.0 Å². The van der Waals surface area contributed by atoms with Gasteiger partial charge in [0.15, 0.2) is 0 Å². The molecule has 7 heteroatoms. The predicted molar refractivity (Wildman–Crippen MR) is 90.1 cm³/mol. The molecule has 0 saturated heterocycles. The third-order valence-electron chi connectivity index (χ3n) is 4.42. The van der Waals surface area contributed by atoms with Gasteiger partial charge in [0.05, 0.1) is 36.6 Å². The summed E-state index contributed by atoms with van der Waals surface area (Å²) >= 11 is 0. The van der Waals surface area contributed by atoms with Crippen LogP contribution in [0.3, 0.4) is 0 Å². The molecule has 0 aliphatic carbocycles. The van der Waals surface area contributed by atoms with Gasteiger partial charge in [0.2, 0.25) is 5.91 Å². The Balaban J connectivity index is 1.50. The first-order chi connectivity index (χ1) is 12.3. The molecule has 0 saturated carbocycles. The highest BCUT2D eigenvalue weighted by atomic mass is 16.3. The summed E-state index contributed by atoms with van der Waals surface area (Å²) in [5, 5.41) is 2.97. The van der Waals surface area contributed by atoms with Gasteiger partial charge >= 0.3 is 0 Å². The van der Waals surface area contributed by atoms with Crippen molar-refractivity contribution in [2.75, 3.05) is 0 Å². The number of hydrogen-bond donors (Lipinski definition) is 2. The molecular weight excluding hydrogens is 318 g/mol. The summed E-state index contributed by atoms with van der Waals surface area (Å²) in [5.74, 6) is 0.720. The third-order valence-corrected chi connectivity index (χ3v) is 4.42. The minimum atomic E-state index is -0.272. The van der Waals surface area contributed by atoms with E-state index in [4.69, 9.17) is 4.42 Å². The Labute approximate surface area is 145 Å². The zero-order chi connectivity index (χ0) is 17.1. The molecule has 0 radical (unpaired) electrons. The fourth-order valence-corrected chi connectivity index (χ4v) is 3.14. The Bertz CT molecular complexity index is 828. The first-order valence-electron chi connectivity index (χ1n) is 8.24. The van der Waals surface area contributed by atoms with Gasteiger partial charge in [0.1, 0.15) is 5.76 Å². The zero-order valence-corrected chi connectivity index (χ0v) is 13.7. The van der Waals surface area contributed by atoms with E-state index in [0.717, 1.165) is 22.7 Å². The van der Waals surface area contributed by atoms with Gasteiger partial charge in [0.25, 0.3) is 0 Å². The van der Waals surface area contributed by atoms with E-state index in [1.165, 1.54) is 0 Å². The molecule has 0 fully saturated rings. The highest BCUT2D eigenvalue weighted by molar-refractivity contribution is 5.82. The second-order valence-electron chi connectivity index (χ2n) is 6.11. The number of imidazole rings is 1. The van der Waals surface area contributed by atoms with Gasteiger partial charge in [-0.3, -0.25) is 14.7 Å². The van der Waals surface area contributed by atoms with Crippen molar-refractivity contribution in [2.45, 2.75) is 32.1 Å². The molecular formula is C18H19N5O2. The largest absolute Gasteiger partial charge is 0.467 e. The first kappa shape index (κ1) is 15.6. The Kier molecular flexibility index (Phi) is 4.30. The number of rotatable bonds is 5. The van der Waals surface area contributed by atoms with Gasteiger partial charge in [-0.1, -0.05) is 6.07 Å². The van der Waals surface area contributed by atoms with E-state index in [9.17, 15) is 4.79 Å². The van der Waals surface area contributed by atoms with Crippen molar-refractivity contribution in [1.29, 1.82) is 0 Å². The summed E-state index contributed by atoms with van der Waals surface area (Å²) < 4.78 is 5.28. The van der Waals surface area contributed by atoms with Gasteiger partial charge in [-0.15, -0.1) is 0 Å². The van der Waals surface area contributed by atoms with Crippen LogP contribution in [0.1, 0.15) is 22.7 Å². The maximum atomic E-state index is 12.8. The lowest BCUT2D eigenvalue weighted by Gasteiger charge is -2.33. The number of aromatic nitrogens is 3. The molecule has 0 spiro atoms. The second-order valence-corrected chi connectivity index (χ2v) is 6.11. The van der Waals surface area contributed by atoms with Gasteiger partial charge in [0, 0.05) is 31.9 Å². The number of aromatic amines is 1. The van der Waals surface area contributed by atoms with Crippen molar-refractivity contribution < 1.29 is 9.21 Å². The fraction of sp³-hybridized carbons (Fsp3) is 0.278. The third kappa shape index (κ3) is 3.46. The Morgan fingerprint density at radius 2 is 2.36 bits per heavy atom. The molecule has 128 valence electrons. The number of amides is 1. The zero-order valence-electron chi connectivity index (χ0n) is 13.7.